The van der Waals surface area contributed by atoms with Crippen LogP contribution in [-0.2, 0) is 0 Å². The first-order valence-corrected chi connectivity index (χ1v) is 3.60. The molecule has 0 fully saturated rings. The number of hydrogen-bond donors (Lipinski definition) is 2. The summed E-state index contributed by atoms with van der Waals surface area (Å²) in [4.78, 5) is 17.6. The lowest BCUT2D eigenvalue weighted by molar-refractivity contribution is 0.259. The van der Waals surface area contributed by atoms with Crippen LogP contribution in [0.25, 0.3) is 0 Å². The van der Waals surface area contributed by atoms with Crippen molar-refractivity contribution < 1.29 is 4.79 Å². The van der Waals surface area contributed by atoms with Crippen LogP contribution in [0, 0.1) is 0 Å². The Balaban J connectivity index is 2.93. The van der Waals surface area contributed by atoms with Crippen LogP contribution in [0.2, 0.25) is 10.3 Å². The van der Waals surface area contributed by atoms with Crippen molar-refractivity contribution in [3.8, 4) is 0 Å². The molecule has 1 heterocycles. The molecule has 0 radical (unpaired) electrons. The number of rotatable bonds is 1. The minimum Gasteiger partial charge on any atom is -0.351 e. The van der Waals surface area contributed by atoms with E-state index >= 15 is 0 Å². The second-order valence-corrected chi connectivity index (χ2v) is 2.60. The molecular formula is C5H4Cl2N4O. The van der Waals surface area contributed by atoms with E-state index in [9.17, 15) is 4.79 Å². The monoisotopic (exact) mass is 206 g/mol. The predicted octanol–water partition coefficient (Wildman–Crippen LogP) is 1.27. The highest BCUT2D eigenvalue weighted by Crippen LogP contribution is 2.13. The maximum Gasteiger partial charge on any atom is 0.319 e. The Morgan fingerprint density at radius 2 is 1.92 bits per heavy atom. The van der Waals surface area contributed by atoms with E-state index in [0.29, 0.717) is 0 Å². The number of nitrogens with zero attached hydrogens (tertiary/aromatic N) is 2. The van der Waals surface area contributed by atoms with Gasteiger partial charge >= 0.3 is 6.03 Å². The van der Waals surface area contributed by atoms with Gasteiger partial charge in [-0.15, -0.1) is 0 Å². The van der Waals surface area contributed by atoms with Crippen LogP contribution in [0.1, 0.15) is 0 Å². The number of aromatic nitrogens is 2. The number of carbonyl (C=O) groups excluding carboxylic acids is 1. The first kappa shape index (κ1) is 9.02. The highest BCUT2D eigenvalue weighted by atomic mass is 35.5. The SMILES string of the molecule is NC(=O)Nc1nc(Cl)cc(Cl)n1. The van der Waals surface area contributed by atoms with Gasteiger partial charge in [-0.25, -0.2) is 14.8 Å². The number of hydrogen-bond acceptors (Lipinski definition) is 3. The molecule has 0 bridgehead atoms. The Morgan fingerprint density at radius 3 is 2.33 bits per heavy atom. The number of nitrogens with one attached hydrogen (secondary N) is 1. The summed E-state index contributed by atoms with van der Waals surface area (Å²) < 4.78 is 0. The van der Waals surface area contributed by atoms with Crippen LogP contribution in [0.3, 0.4) is 0 Å². The van der Waals surface area contributed by atoms with Crippen molar-refractivity contribution in [1.82, 2.24) is 9.97 Å². The molecule has 1 rings (SSSR count). The smallest absolute Gasteiger partial charge is 0.319 e. The summed E-state index contributed by atoms with van der Waals surface area (Å²) in [6.07, 6.45) is 0. The number of carbonyl (C=O) groups is 1. The van der Waals surface area contributed by atoms with E-state index in [-0.39, 0.29) is 16.3 Å². The van der Waals surface area contributed by atoms with Crippen LogP contribution in [0.15, 0.2) is 6.07 Å². The number of anilines is 1. The molecule has 3 N–H and O–H groups in total. The average molecular weight is 207 g/mol. The minimum atomic E-state index is -0.770. The molecule has 1 aromatic rings. The molecule has 0 saturated heterocycles. The van der Waals surface area contributed by atoms with Crippen LogP contribution in [0.4, 0.5) is 10.7 Å². The number of amides is 2. The molecular weight excluding hydrogens is 203 g/mol. The molecule has 5 nitrogen and oxygen atoms in total. The Hall–Kier alpha value is -1.07. The second kappa shape index (κ2) is 3.55. The molecule has 0 aliphatic carbocycles. The van der Waals surface area contributed by atoms with Crippen molar-refractivity contribution in [1.29, 1.82) is 0 Å². The fourth-order valence-electron chi connectivity index (χ4n) is 0.556. The van der Waals surface area contributed by atoms with Gasteiger partial charge in [0, 0.05) is 6.07 Å². The highest BCUT2D eigenvalue weighted by molar-refractivity contribution is 6.33. The molecule has 0 unspecified atom stereocenters. The number of primary amides is 1. The average Bonchev–Trinajstić information content (AvgIpc) is 1.81. The minimum absolute atomic E-state index is 0.0139. The molecule has 0 aliphatic heterocycles. The van der Waals surface area contributed by atoms with Gasteiger partial charge in [0.05, 0.1) is 0 Å². The van der Waals surface area contributed by atoms with Gasteiger partial charge in [0.25, 0.3) is 0 Å². The van der Waals surface area contributed by atoms with Gasteiger partial charge in [0.2, 0.25) is 5.95 Å². The number of nitrogens with two attached hydrogens (primary N) is 1. The van der Waals surface area contributed by atoms with E-state index in [4.69, 9.17) is 28.9 Å². The van der Waals surface area contributed by atoms with Crippen LogP contribution < -0.4 is 11.1 Å². The molecule has 0 saturated carbocycles. The lowest BCUT2D eigenvalue weighted by Crippen LogP contribution is -2.20. The summed E-state index contributed by atoms with van der Waals surface area (Å²) in [7, 11) is 0. The summed E-state index contributed by atoms with van der Waals surface area (Å²) in [6.45, 7) is 0. The standard InChI is InChI=1S/C5H4Cl2N4O/c6-2-1-3(7)10-5(9-2)11-4(8)12/h1H,(H3,8,9,10,11,12). The number of urea groups is 1. The normalized spacial score (nSPS) is 9.50. The third-order valence-corrected chi connectivity index (χ3v) is 1.29. The Bertz CT molecular complexity index is 296. The highest BCUT2D eigenvalue weighted by Gasteiger charge is 2.02. The molecule has 1 aromatic heterocycles. The number of halogens is 2. The maximum absolute atomic E-state index is 10.3. The topological polar surface area (TPSA) is 80.9 Å². The van der Waals surface area contributed by atoms with Crippen molar-refractivity contribution in [3.05, 3.63) is 16.4 Å². The molecule has 64 valence electrons. The molecule has 12 heavy (non-hydrogen) atoms. The fraction of sp³-hybridized carbons (Fsp3) is 0. The first-order valence-electron chi connectivity index (χ1n) is 2.84. The third-order valence-electron chi connectivity index (χ3n) is 0.899. The van der Waals surface area contributed by atoms with Crippen molar-refractivity contribution >= 4 is 35.2 Å². The third kappa shape index (κ3) is 2.52. The van der Waals surface area contributed by atoms with E-state index in [1.54, 1.807) is 0 Å². The summed E-state index contributed by atoms with van der Waals surface area (Å²) in [5.41, 5.74) is 4.81. The second-order valence-electron chi connectivity index (χ2n) is 1.83. The molecule has 0 aromatic carbocycles. The van der Waals surface area contributed by atoms with Gasteiger partial charge < -0.3 is 5.73 Å². The van der Waals surface area contributed by atoms with E-state index in [2.05, 4.69) is 15.3 Å². The summed E-state index contributed by atoms with van der Waals surface area (Å²) in [5, 5.41) is 2.41. The Labute approximate surface area is 77.9 Å². The van der Waals surface area contributed by atoms with Gasteiger partial charge in [0.15, 0.2) is 0 Å². The Morgan fingerprint density at radius 1 is 1.42 bits per heavy atom. The molecule has 0 aliphatic rings. The quantitative estimate of drug-likeness (QED) is 0.680. The summed E-state index contributed by atoms with van der Waals surface area (Å²) >= 11 is 11.0. The molecule has 7 heteroatoms. The zero-order valence-electron chi connectivity index (χ0n) is 5.71. The lowest BCUT2D eigenvalue weighted by Gasteiger charge is -1.99. The molecule has 0 spiro atoms. The fourth-order valence-corrected chi connectivity index (χ4v) is 0.979. The van der Waals surface area contributed by atoms with Crippen LogP contribution in [-0.4, -0.2) is 16.0 Å². The zero-order valence-corrected chi connectivity index (χ0v) is 7.23. The largest absolute Gasteiger partial charge is 0.351 e. The van der Waals surface area contributed by atoms with Gasteiger partial charge in [-0.1, -0.05) is 23.2 Å². The summed E-state index contributed by atoms with van der Waals surface area (Å²) in [6, 6.07) is 0.572. The van der Waals surface area contributed by atoms with Gasteiger partial charge in [0.1, 0.15) is 10.3 Å². The first-order chi connectivity index (χ1) is 5.58. The predicted molar refractivity (Wildman–Crippen MR) is 45.3 cm³/mol. The van der Waals surface area contributed by atoms with E-state index in [1.165, 1.54) is 6.07 Å². The van der Waals surface area contributed by atoms with Crippen molar-refractivity contribution in [2.75, 3.05) is 5.32 Å². The van der Waals surface area contributed by atoms with Gasteiger partial charge in [-0.2, -0.15) is 0 Å². The van der Waals surface area contributed by atoms with Crippen LogP contribution >= 0.6 is 23.2 Å². The summed E-state index contributed by atoms with van der Waals surface area (Å²) in [5.74, 6) is -0.0139. The maximum atomic E-state index is 10.3. The Kier molecular flexibility index (Phi) is 2.67. The lowest BCUT2D eigenvalue weighted by atomic mass is 10.6. The zero-order chi connectivity index (χ0) is 9.14. The van der Waals surface area contributed by atoms with Crippen molar-refractivity contribution in [2.45, 2.75) is 0 Å². The van der Waals surface area contributed by atoms with Crippen molar-refractivity contribution in [3.63, 3.8) is 0 Å². The van der Waals surface area contributed by atoms with Crippen LogP contribution in [0.5, 0.6) is 0 Å². The molecule has 0 atom stereocenters. The van der Waals surface area contributed by atoms with Crippen molar-refractivity contribution in [2.24, 2.45) is 5.73 Å². The van der Waals surface area contributed by atoms with Gasteiger partial charge in [-0.05, 0) is 0 Å². The van der Waals surface area contributed by atoms with Gasteiger partial charge in [-0.3, -0.25) is 5.32 Å². The molecule has 2 amide bonds. The van der Waals surface area contributed by atoms with E-state index < -0.39 is 6.03 Å². The van der Waals surface area contributed by atoms with E-state index in [1.807, 2.05) is 0 Å². The van der Waals surface area contributed by atoms with E-state index in [0.717, 1.165) is 0 Å².